The highest BCUT2D eigenvalue weighted by molar-refractivity contribution is 5.85. The lowest BCUT2D eigenvalue weighted by molar-refractivity contribution is -0.143. The van der Waals surface area contributed by atoms with Gasteiger partial charge in [-0.1, -0.05) is 102 Å². The van der Waals surface area contributed by atoms with Crippen LogP contribution in [0.5, 0.6) is 0 Å². The Morgan fingerprint density at radius 2 is 1.21 bits per heavy atom. The number of carbonyl (C=O) groups excluding carboxylic acids is 2. The molecule has 0 aromatic rings. The summed E-state index contributed by atoms with van der Waals surface area (Å²) in [4.78, 5) is 24.8. The van der Waals surface area contributed by atoms with Gasteiger partial charge in [-0.05, 0) is 92.3 Å². The Kier molecular flexibility index (Phi) is 14.3. The second-order valence-corrected chi connectivity index (χ2v) is 14.5. The zero-order valence-electron chi connectivity index (χ0n) is 28.0. The molecule has 0 aromatic heterocycles. The Balaban J connectivity index is 0.000000344. The maximum Gasteiger partial charge on any atom is 0.139 e. The molecule has 0 N–H and O–H groups in total. The standard InChI is InChI=1S/C18H30O.C14H26O.2C2H6/c1-5-17(3,4)16(19)11-18-9-13-6-14(10-18)8-15(7-13)12(18)2;1-5-14(3,4)13(15)10-12-9-7-6-8-11(12)2;2*1-2/h12-15H,5-11H2,1-4H3;11-12H,5-10H2,1-4H3;2*1-2H3. The Morgan fingerprint density at radius 1 is 0.737 bits per heavy atom. The van der Waals surface area contributed by atoms with E-state index in [9.17, 15) is 9.59 Å². The summed E-state index contributed by atoms with van der Waals surface area (Å²) in [5.74, 6) is 6.05. The fourth-order valence-electron chi connectivity index (χ4n) is 7.93. The van der Waals surface area contributed by atoms with E-state index in [0.29, 0.717) is 22.9 Å². The largest absolute Gasteiger partial charge is 0.299 e. The van der Waals surface area contributed by atoms with Crippen LogP contribution in [-0.2, 0) is 9.59 Å². The molecule has 4 bridgehead atoms. The van der Waals surface area contributed by atoms with Gasteiger partial charge in [0.1, 0.15) is 11.6 Å². The van der Waals surface area contributed by atoms with E-state index in [1.165, 1.54) is 57.8 Å². The van der Waals surface area contributed by atoms with Crippen molar-refractivity contribution in [1.82, 2.24) is 0 Å². The van der Waals surface area contributed by atoms with Crippen LogP contribution in [0.15, 0.2) is 0 Å². The molecule has 0 heterocycles. The molecular formula is C36H68O2. The predicted octanol–water partition coefficient (Wildman–Crippen LogP) is 11.1. The van der Waals surface area contributed by atoms with E-state index in [4.69, 9.17) is 0 Å². The molecule has 0 saturated heterocycles. The summed E-state index contributed by atoms with van der Waals surface area (Å²) in [6.45, 7) is 25.5. The van der Waals surface area contributed by atoms with Gasteiger partial charge >= 0.3 is 0 Å². The summed E-state index contributed by atoms with van der Waals surface area (Å²) in [7, 11) is 0. The predicted molar refractivity (Wildman–Crippen MR) is 166 cm³/mol. The first kappa shape index (κ1) is 35.4. The molecule has 5 aliphatic rings. The van der Waals surface area contributed by atoms with Crippen molar-refractivity contribution >= 4 is 11.6 Å². The van der Waals surface area contributed by atoms with Gasteiger partial charge in [0.25, 0.3) is 0 Å². The Morgan fingerprint density at radius 3 is 1.68 bits per heavy atom. The molecule has 0 spiro atoms. The minimum Gasteiger partial charge on any atom is -0.299 e. The van der Waals surface area contributed by atoms with E-state index in [1.807, 2.05) is 27.7 Å². The summed E-state index contributed by atoms with van der Waals surface area (Å²) in [5.41, 5.74) is 0.179. The van der Waals surface area contributed by atoms with Gasteiger partial charge in [0.2, 0.25) is 0 Å². The highest BCUT2D eigenvalue weighted by atomic mass is 16.1. The van der Waals surface area contributed by atoms with Crippen molar-refractivity contribution in [2.24, 2.45) is 51.8 Å². The van der Waals surface area contributed by atoms with Crippen molar-refractivity contribution in [2.45, 2.75) is 167 Å². The van der Waals surface area contributed by atoms with Gasteiger partial charge in [0, 0.05) is 23.7 Å². The van der Waals surface area contributed by atoms with E-state index >= 15 is 0 Å². The molecule has 5 atom stereocenters. The van der Waals surface area contributed by atoms with Gasteiger partial charge < -0.3 is 0 Å². The first-order chi connectivity index (χ1) is 17.8. The Hall–Kier alpha value is -0.660. The number of carbonyl (C=O) groups is 2. The van der Waals surface area contributed by atoms with Crippen LogP contribution in [0.4, 0.5) is 0 Å². The van der Waals surface area contributed by atoms with E-state index in [1.54, 1.807) is 0 Å². The molecule has 38 heavy (non-hydrogen) atoms. The highest BCUT2D eigenvalue weighted by Gasteiger charge is 2.56. The third-order valence-corrected chi connectivity index (χ3v) is 11.5. The van der Waals surface area contributed by atoms with Gasteiger partial charge in [0.15, 0.2) is 0 Å². The molecular weight excluding hydrogens is 464 g/mol. The third-order valence-electron chi connectivity index (χ3n) is 11.5. The number of ketones is 2. The molecule has 0 amide bonds. The maximum absolute atomic E-state index is 12.7. The van der Waals surface area contributed by atoms with Crippen molar-refractivity contribution in [2.75, 3.05) is 0 Å². The number of Topliss-reactive ketones (excluding diaryl/α,β-unsaturated/α-hetero) is 2. The zero-order valence-corrected chi connectivity index (χ0v) is 28.0. The quantitative estimate of drug-likeness (QED) is 0.311. The van der Waals surface area contributed by atoms with E-state index in [-0.39, 0.29) is 10.8 Å². The third kappa shape index (κ3) is 8.67. The van der Waals surface area contributed by atoms with Crippen LogP contribution in [0.1, 0.15) is 167 Å². The van der Waals surface area contributed by atoms with Crippen molar-refractivity contribution in [3.8, 4) is 0 Å². The molecule has 5 rings (SSSR count). The van der Waals surface area contributed by atoms with Crippen molar-refractivity contribution < 1.29 is 9.59 Å². The minimum absolute atomic E-state index is 0.100. The molecule has 5 fully saturated rings. The molecule has 5 unspecified atom stereocenters. The number of hydrogen-bond acceptors (Lipinski definition) is 2. The van der Waals surface area contributed by atoms with Crippen LogP contribution in [0, 0.1) is 51.8 Å². The van der Waals surface area contributed by atoms with Gasteiger partial charge in [0.05, 0.1) is 0 Å². The lowest BCUT2D eigenvalue weighted by atomic mass is 9.44. The van der Waals surface area contributed by atoms with Crippen molar-refractivity contribution in [3.63, 3.8) is 0 Å². The van der Waals surface area contributed by atoms with Crippen LogP contribution >= 0.6 is 0 Å². The lowest BCUT2D eigenvalue weighted by Crippen LogP contribution is -2.53. The van der Waals surface area contributed by atoms with Crippen LogP contribution in [0.25, 0.3) is 0 Å². The zero-order chi connectivity index (χ0) is 29.3. The molecule has 224 valence electrons. The molecule has 5 saturated carbocycles. The summed E-state index contributed by atoms with van der Waals surface area (Å²) in [5, 5.41) is 0. The molecule has 0 aliphatic heterocycles. The summed E-state index contributed by atoms with van der Waals surface area (Å²) in [6.07, 6.45) is 16.0. The average molecular weight is 533 g/mol. The van der Waals surface area contributed by atoms with Gasteiger partial charge in [-0.2, -0.15) is 0 Å². The molecule has 2 heteroatoms. The van der Waals surface area contributed by atoms with E-state index in [2.05, 4.69) is 55.4 Å². The normalized spacial score (nSPS) is 33.6. The first-order valence-electron chi connectivity index (χ1n) is 16.9. The average Bonchev–Trinajstić information content (AvgIpc) is 2.90. The van der Waals surface area contributed by atoms with Crippen LogP contribution in [0.2, 0.25) is 0 Å². The van der Waals surface area contributed by atoms with Crippen molar-refractivity contribution in [1.29, 1.82) is 0 Å². The number of rotatable bonds is 8. The Labute approximate surface area is 239 Å². The van der Waals surface area contributed by atoms with E-state index in [0.717, 1.165) is 55.3 Å². The second-order valence-electron chi connectivity index (χ2n) is 14.5. The molecule has 0 aromatic carbocycles. The molecule has 2 nitrogen and oxygen atoms in total. The van der Waals surface area contributed by atoms with Gasteiger partial charge in [-0.15, -0.1) is 0 Å². The van der Waals surface area contributed by atoms with Crippen LogP contribution in [0.3, 0.4) is 0 Å². The molecule has 0 radical (unpaired) electrons. The summed E-state index contributed by atoms with van der Waals surface area (Å²) >= 11 is 0. The smallest absolute Gasteiger partial charge is 0.139 e. The lowest BCUT2D eigenvalue weighted by Gasteiger charge is -2.61. The minimum atomic E-state index is -0.108. The summed E-state index contributed by atoms with van der Waals surface area (Å²) < 4.78 is 0. The van der Waals surface area contributed by atoms with Crippen LogP contribution < -0.4 is 0 Å². The highest BCUT2D eigenvalue weighted by Crippen LogP contribution is 2.64. The van der Waals surface area contributed by atoms with Gasteiger partial charge in [-0.3, -0.25) is 9.59 Å². The number of hydrogen-bond donors (Lipinski definition) is 0. The van der Waals surface area contributed by atoms with Crippen LogP contribution in [-0.4, -0.2) is 11.6 Å². The fourth-order valence-corrected chi connectivity index (χ4v) is 7.93. The van der Waals surface area contributed by atoms with Gasteiger partial charge in [-0.25, -0.2) is 0 Å². The fraction of sp³-hybridized carbons (Fsp3) is 0.944. The first-order valence-corrected chi connectivity index (χ1v) is 16.9. The van der Waals surface area contributed by atoms with Crippen molar-refractivity contribution in [3.05, 3.63) is 0 Å². The Bertz CT molecular complexity index is 703. The SMILES string of the molecule is CC.CC.CCC(C)(C)C(=O)CC12CC3CC(CC(C3)C1C)C2.CCC(C)(C)C(=O)CC1CCCCC1C. The topological polar surface area (TPSA) is 34.1 Å². The second kappa shape index (κ2) is 15.4. The monoisotopic (exact) mass is 533 g/mol. The molecule has 5 aliphatic carbocycles. The maximum atomic E-state index is 12.7. The summed E-state index contributed by atoms with van der Waals surface area (Å²) in [6, 6.07) is 0. The van der Waals surface area contributed by atoms with E-state index < -0.39 is 0 Å².